The van der Waals surface area contributed by atoms with Gasteiger partial charge in [-0.05, 0) is 18.1 Å². The molecule has 1 aromatic rings. The van der Waals surface area contributed by atoms with Crippen LogP contribution in [0.15, 0.2) is 29.2 Å². The van der Waals surface area contributed by atoms with Gasteiger partial charge < -0.3 is 0 Å². The molecule has 0 aromatic heterocycles. The predicted molar refractivity (Wildman–Crippen MR) is 57.1 cm³/mol. The number of alkyl halides is 1. The predicted octanol–water partition coefficient (Wildman–Crippen LogP) is 3.20. The molecule has 0 radical (unpaired) electrons. The monoisotopic (exact) mass is 209 g/mol. The van der Waals surface area contributed by atoms with Crippen LogP contribution in [0.2, 0.25) is 0 Å². The zero-order valence-corrected chi connectivity index (χ0v) is 8.69. The molecule has 0 amide bonds. The number of benzene rings is 1. The molecule has 0 aliphatic carbocycles. The number of halogens is 1. The summed E-state index contributed by atoms with van der Waals surface area (Å²) in [5.74, 6) is 0.490. The van der Waals surface area contributed by atoms with Crippen LogP contribution in [0.1, 0.15) is 12.0 Å². The van der Waals surface area contributed by atoms with Crippen LogP contribution >= 0.6 is 11.8 Å². The Morgan fingerprint density at radius 1 is 1.36 bits per heavy atom. The normalized spacial score (nSPS) is 9.71. The fraction of sp³-hybridized carbons (Fsp3) is 0.364. The van der Waals surface area contributed by atoms with Gasteiger partial charge in [0.1, 0.15) is 0 Å². The molecule has 14 heavy (non-hydrogen) atoms. The van der Waals surface area contributed by atoms with E-state index in [1.165, 1.54) is 11.8 Å². The van der Waals surface area contributed by atoms with E-state index in [1.54, 1.807) is 0 Å². The molecule has 1 nitrogen and oxygen atoms in total. The molecule has 3 heteroatoms. The lowest BCUT2D eigenvalue weighted by molar-refractivity contribution is 0.533. The SMILES string of the molecule is N#CCCc1ccccc1SCCF. The molecule has 0 aliphatic heterocycles. The minimum Gasteiger partial charge on any atom is -0.250 e. The highest BCUT2D eigenvalue weighted by molar-refractivity contribution is 7.99. The van der Waals surface area contributed by atoms with E-state index in [1.807, 2.05) is 24.3 Å². The van der Waals surface area contributed by atoms with Crippen LogP contribution in [0.3, 0.4) is 0 Å². The van der Waals surface area contributed by atoms with Crippen LogP contribution in [0, 0.1) is 11.3 Å². The minimum atomic E-state index is -0.308. The molecule has 0 saturated carbocycles. The van der Waals surface area contributed by atoms with Crippen LogP contribution in [-0.4, -0.2) is 12.4 Å². The van der Waals surface area contributed by atoms with Crippen molar-refractivity contribution >= 4 is 11.8 Å². The molecule has 0 bridgehead atoms. The number of aryl methyl sites for hydroxylation is 1. The molecule has 0 atom stereocenters. The van der Waals surface area contributed by atoms with E-state index in [0.29, 0.717) is 12.2 Å². The van der Waals surface area contributed by atoms with Gasteiger partial charge in [0, 0.05) is 17.1 Å². The molecule has 0 unspecified atom stereocenters. The first-order valence-corrected chi connectivity index (χ1v) is 5.50. The van der Waals surface area contributed by atoms with Crippen molar-refractivity contribution in [3.05, 3.63) is 29.8 Å². The molecule has 0 heterocycles. The molecule has 74 valence electrons. The summed E-state index contributed by atoms with van der Waals surface area (Å²) in [6.07, 6.45) is 1.28. The van der Waals surface area contributed by atoms with Crippen molar-refractivity contribution in [2.45, 2.75) is 17.7 Å². The standard InChI is InChI=1S/C11H12FNS/c12-7-9-14-11-6-2-1-4-10(11)5-3-8-13/h1-2,4,6H,3,5,7,9H2. The van der Waals surface area contributed by atoms with E-state index >= 15 is 0 Å². The maximum absolute atomic E-state index is 12.0. The minimum absolute atomic E-state index is 0.308. The van der Waals surface area contributed by atoms with Crippen molar-refractivity contribution in [2.24, 2.45) is 0 Å². The second-order valence-electron chi connectivity index (χ2n) is 2.80. The molecule has 0 aliphatic rings. The van der Waals surface area contributed by atoms with E-state index in [9.17, 15) is 4.39 Å². The Kier molecular flexibility index (Phi) is 5.09. The van der Waals surface area contributed by atoms with Crippen molar-refractivity contribution in [3.63, 3.8) is 0 Å². The average molecular weight is 209 g/mol. The van der Waals surface area contributed by atoms with Gasteiger partial charge in [-0.1, -0.05) is 18.2 Å². The number of nitrogens with zero attached hydrogens (tertiary/aromatic N) is 1. The van der Waals surface area contributed by atoms with Gasteiger partial charge in [0.2, 0.25) is 0 Å². The van der Waals surface area contributed by atoms with Gasteiger partial charge >= 0.3 is 0 Å². The van der Waals surface area contributed by atoms with Crippen molar-refractivity contribution in [2.75, 3.05) is 12.4 Å². The van der Waals surface area contributed by atoms with Gasteiger partial charge in [-0.15, -0.1) is 11.8 Å². The summed E-state index contributed by atoms with van der Waals surface area (Å²) < 4.78 is 12.0. The lowest BCUT2D eigenvalue weighted by Crippen LogP contribution is -1.89. The summed E-state index contributed by atoms with van der Waals surface area (Å²) in [4.78, 5) is 1.10. The Morgan fingerprint density at radius 2 is 2.14 bits per heavy atom. The lowest BCUT2D eigenvalue weighted by atomic mass is 10.1. The van der Waals surface area contributed by atoms with Gasteiger partial charge in [0.15, 0.2) is 0 Å². The molecule has 0 spiro atoms. The van der Waals surface area contributed by atoms with Crippen LogP contribution in [0.5, 0.6) is 0 Å². The number of thioether (sulfide) groups is 1. The van der Waals surface area contributed by atoms with Gasteiger partial charge in [-0.3, -0.25) is 4.39 Å². The van der Waals surface area contributed by atoms with E-state index in [0.717, 1.165) is 16.9 Å². The Balaban J connectivity index is 2.65. The molecular formula is C11H12FNS. The molecule has 1 aromatic carbocycles. The van der Waals surface area contributed by atoms with Crippen molar-refractivity contribution < 1.29 is 4.39 Å². The largest absolute Gasteiger partial charge is 0.250 e. The number of rotatable bonds is 5. The topological polar surface area (TPSA) is 23.8 Å². The maximum atomic E-state index is 12.0. The fourth-order valence-electron chi connectivity index (χ4n) is 1.19. The van der Waals surface area contributed by atoms with Gasteiger partial charge in [-0.2, -0.15) is 5.26 Å². The van der Waals surface area contributed by atoms with Gasteiger partial charge in [0.25, 0.3) is 0 Å². The highest BCUT2D eigenvalue weighted by Gasteiger charge is 2.01. The van der Waals surface area contributed by atoms with Crippen molar-refractivity contribution in [3.8, 4) is 6.07 Å². The first-order valence-electron chi connectivity index (χ1n) is 4.52. The first-order chi connectivity index (χ1) is 6.88. The van der Waals surface area contributed by atoms with Crippen molar-refractivity contribution in [1.82, 2.24) is 0 Å². The number of hydrogen-bond acceptors (Lipinski definition) is 2. The quantitative estimate of drug-likeness (QED) is 0.695. The average Bonchev–Trinajstić information content (AvgIpc) is 2.24. The Morgan fingerprint density at radius 3 is 2.86 bits per heavy atom. The summed E-state index contributed by atoms with van der Waals surface area (Å²) >= 11 is 1.51. The van der Waals surface area contributed by atoms with Crippen LogP contribution in [0.25, 0.3) is 0 Å². The number of hydrogen-bond donors (Lipinski definition) is 0. The molecule has 0 N–H and O–H groups in total. The Bertz CT molecular complexity index is 319. The molecular weight excluding hydrogens is 197 g/mol. The fourth-order valence-corrected chi connectivity index (χ4v) is 2.02. The second kappa shape index (κ2) is 6.44. The van der Waals surface area contributed by atoms with E-state index < -0.39 is 0 Å². The summed E-state index contributed by atoms with van der Waals surface area (Å²) in [6, 6.07) is 9.98. The Labute approximate surface area is 87.9 Å². The maximum Gasteiger partial charge on any atom is 0.0988 e. The van der Waals surface area contributed by atoms with E-state index in [4.69, 9.17) is 5.26 Å². The molecule has 0 saturated heterocycles. The Hall–Kier alpha value is -1.01. The number of nitriles is 1. The summed E-state index contributed by atoms with van der Waals surface area (Å²) in [5, 5.41) is 8.48. The van der Waals surface area contributed by atoms with Crippen LogP contribution < -0.4 is 0 Å². The lowest BCUT2D eigenvalue weighted by Gasteiger charge is -2.05. The zero-order chi connectivity index (χ0) is 10.2. The highest BCUT2D eigenvalue weighted by atomic mass is 32.2. The second-order valence-corrected chi connectivity index (χ2v) is 3.94. The molecule has 0 fully saturated rings. The van der Waals surface area contributed by atoms with E-state index in [-0.39, 0.29) is 6.67 Å². The first kappa shape index (κ1) is 11.1. The van der Waals surface area contributed by atoms with Crippen LogP contribution in [-0.2, 0) is 6.42 Å². The summed E-state index contributed by atoms with van der Waals surface area (Å²) in [7, 11) is 0. The third kappa shape index (κ3) is 3.39. The molecule has 1 rings (SSSR count). The third-order valence-electron chi connectivity index (χ3n) is 1.81. The summed E-state index contributed by atoms with van der Waals surface area (Å²) in [5.41, 5.74) is 1.15. The third-order valence-corrected chi connectivity index (χ3v) is 2.88. The zero-order valence-electron chi connectivity index (χ0n) is 7.87. The van der Waals surface area contributed by atoms with Gasteiger partial charge in [-0.25, -0.2) is 0 Å². The van der Waals surface area contributed by atoms with Crippen LogP contribution in [0.4, 0.5) is 4.39 Å². The van der Waals surface area contributed by atoms with Gasteiger partial charge in [0.05, 0.1) is 12.7 Å². The highest BCUT2D eigenvalue weighted by Crippen LogP contribution is 2.23. The summed E-state index contributed by atoms with van der Waals surface area (Å²) in [6.45, 7) is -0.308. The smallest absolute Gasteiger partial charge is 0.0988 e. The van der Waals surface area contributed by atoms with E-state index in [2.05, 4.69) is 6.07 Å². The van der Waals surface area contributed by atoms with Crippen molar-refractivity contribution in [1.29, 1.82) is 5.26 Å².